The molecule has 2 rings (SSSR count). The van der Waals surface area contributed by atoms with Crippen LogP contribution in [-0.2, 0) is 0 Å². The molecule has 56 valence electrons. The Labute approximate surface area is 72.4 Å². The quantitative estimate of drug-likeness (QED) is 0.403. The standard InChI is InChI=1S/C5H2Cl2N4/c6-4-8-1-3-5(7,11-4)10-2-9-3/h1-2H. The van der Waals surface area contributed by atoms with E-state index in [1.54, 1.807) is 0 Å². The second-order valence-electron chi connectivity index (χ2n) is 1.99. The average Bonchev–Trinajstić information content (AvgIpc) is 2.28. The lowest BCUT2D eigenvalue weighted by Gasteiger charge is -2.15. The van der Waals surface area contributed by atoms with Crippen molar-refractivity contribution in [3.8, 4) is 0 Å². The molecule has 1 unspecified atom stereocenters. The van der Waals surface area contributed by atoms with Gasteiger partial charge in [0, 0.05) is 0 Å². The van der Waals surface area contributed by atoms with Crippen LogP contribution in [0.15, 0.2) is 20.0 Å². The molecule has 0 fully saturated rings. The van der Waals surface area contributed by atoms with Crippen LogP contribution in [0.1, 0.15) is 0 Å². The molecule has 0 aromatic heterocycles. The third kappa shape index (κ3) is 0.985. The summed E-state index contributed by atoms with van der Waals surface area (Å²) in [7, 11) is 0. The van der Waals surface area contributed by atoms with Crippen LogP contribution in [0.4, 0.5) is 0 Å². The van der Waals surface area contributed by atoms with Crippen molar-refractivity contribution in [1.82, 2.24) is 0 Å². The smallest absolute Gasteiger partial charge is 0.234 e. The Bertz CT molecular complexity index is 316. The van der Waals surface area contributed by atoms with E-state index in [2.05, 4.69) is 20.0 Å². The Balaban J connectivity index is 2.51. The summed E-state index contributed by atoms with van der Waals surface area (Å²) in [6, 6.07) is 0. The van der Waals surface area contributed by atoms with Crippen molar-refractivity contribution in [2.24, 2.45) is 20.0 Å². The maximum atomic E-state index is 5.88. The molecule has 0 radical (unpaired) electrons. The highest BCUT2D eigenvalue weighted by atomic mass is 35.5. The zero-order valence-corrected chi connectivity index (χ0v) is 6.71. The second-order valence-corrected chi connectivity index (χ2v) is 2.85. The lowest BCUT2D eigenvalue weighted by Crippen LogP contribution is -2.30. The third-order valence-electron chi connectivity index (χ3n) is 1.29. The molecule has 0 amide bonds. The molecule has 0 spiro atoms. The molecule has 2 heterocycles. The lowest BCUT2D eigenvalue weighted by molar-refractivity contribution is 0.862. The van der Waals surface area contributed by atoms with E-state index in [1.165, 1.54) is 12.6 Å². The molecule has 0 saturated heterocycles. The molecule has 0 aliphatic carbocycles. The fourth-order valence-corrected chi connectivity index (χ4v) is 1.22. The van der Waals surface area contributed by atoms with E-state index in [4.69, 9.17) is 23.2 Å². The van der Waals surface area contributed by atoms with E-state index in [1.807, 2.05) is 0 Å². The zero-order chi connectivity index (χ0) is 7.90. The Kier molecular flexibility index (Phi) is 1.34. The summed E-state index contributed by atoms with van der Waals surface area (Å²) in [5, 5.41) is -1.04. The molecule has 1 atom stereocenters. The Hall–Kier alpha value is -0.740. The molecule has 0 aromatic rings. The van der Waals surface area contributed by atoms with E-state index < -0.39 is 5.12 Å². The van der Waals surface area contributed by atoms with E-state index in [-0.39, 0.29) is 5.29 Å². The SMILES string of the molecule is ClC1=NC2(Cl)N=CN=C2C=N1. The Morgan fingerprint density at radius 3 is 3.09 bits per heavy atom. The monoisotopic (exact) mass is 188 g/mol. The fraction of sp³-hybridized carbons (Fsp3) is 0.200. The van der Waals surface area contributed by atoms with Crippen LogP contribution in [0.5, 0.6) is 0 Å². The van der Waals surface area contributed by atoms with Crippen molar-refractivity contribution in [3.63, 3.8) is 0 Å². The maximum absolute atomic E-state index is 5.88. The highest BCUT2D eigenvalue weighted by Gasteiger charge is 2.36. The van der Waals surface area contributed by atoms with E-state index in [0.717, 1.165) is 0 Å². The molecule has 0 aromatic carbocycles. The second kappa shape index (κ2) is 2.12. The van der Waals surface area contributed by atoms with Crippen molar-refractivity contribution in [1.29, 1.82) is 0 Å². The summed E-state index contributed by atoms with van der Waals surface area (Å²) in [6.07, 6.45) is 2.79. The van der Waals surface area contributed by atoms with Gasteiger partial charge in [-0.05, 0) is 11.6 Å². The first-order valence-corrected chi connectivity index (χ1v) is 3.57. The van der Waals surface area contributed by atoms with Gasteiger partial charge < -0.3 is 0 Å². The van der Waals surface area contributed by atoms with Gasteiger partial charge in [0.05, 0.1) is 6.21 Å². The maximum Gasteiger partial charge on any atom is 0.275 e. The fourth-order valence-electron chi connectivity index (χ4n) is 0.783. The molecular weight excluding hydrogens is 187 g/mol. The van der Waals surface area contributed by atoms with Crippen molar-refractivity contribution < 1.29 is 0 Å². The largest absolute Gasteiger partial charge is 0.275 e. The number of amidine groups is 1. The minimum atomic E-state index is -1.14. The molecule has 0 saturated carbocycles. The van der Waals surface area contributed by atoms with Crippen molar-refractivity contribution >= 4 is 46.8 Å². The summed E-state index contributed by atoms with van der Waals surface area (Å²) in [6.45, 7) is 0. The average molecular weight is 189 g/mol. The number of aliphatic imine (C=N–C) groups is 4. The van der Waals surface area contributed by atoms with Gasteiger partial charge in [-0.15, -0.1) is 0 Å². The Morgan fingerprint density at radius 1 is 1.45 bits per heavy atom. The summed E-state index contributed by atoms with van der Waals surface area (Å²) in [5.74, 6) is 0. The summed E-state index contributed by atoms with van der Waals surface area (Å²) < 4.78 is 0. The number of rotatable bonds is 0. The molecule has 0 N–H and O–H groups in total. The van der Waals surface area contributed by atoms with Crippen LogP contribution < -0.4 is 0 Å². The van der Waals surface area contributed by atoms with Crippen molar-refractivity contribution in [3.05, 3.63) is 0 Å². The predicted molar refractivity (Wildman–Crippen MR) is 46.3 cm³/mol. The lowest BCUT2D eigenvalue weighted by atomic mass is 10.3. The first-order valence-electron chi connectivity index (χ1n) is 2.81. The molecule has 4 nitrogen and oxygen atoms in total. The molecular formula is C5H2Cl2N4. The number of hydrogen-bond donors (Lipinski definition) is 0. The minimum Gasteiger partial charge on any atom is -0.234 e. The topological polar surface area (TPSA) is 49.4 Å². The van der Waals surface area contributed by atoms with E-state index in [0.29, 0.717) is 5.71 Å². The van der Waals surface area contributed by atoms with Crippen LogP contribution in [0.2, 0.25) is 0 Å². The first kappa shape index (κ1) is 6.94. The van der Waals surface area contributed by atoms with Gasteiger partial charge >= 0.3 is 0 Å². The summed E-state index contributed by atoms with van der Waals surface area (Å²) >= 11 is 11.4. The van der Waals surface area contributed by atoms with Gasteiger partial charge in [0.2, 0.25) is 5.29 Å². The zero-order valence-electron chi connectivity index (χ0n) is 5.20. The molecule has 11 heavy (non-hydrogen) atoms. The van der Waals surface area contributed by atoms with Gasteiger partial charge in [0.15, 0.2) is 0 Å². The molecule has 0 bridgehead atoms. The number of hydrogen-bond acceptors (Lipinski definition) is 4. The van der Waals surface area contributed by atoms with Crippen LogP contribution in [0, 0.1) is 0 Å². The van der Waals surface area contributed by atoms with Crippen LogP contribution in [0.3, 0.4) is 0 Å². The summed E-state index contributed by atoms with van der Waals surface area (Å²) in [4.78, 5) is 15.2. The van der Waals surface area contributed by atoms with E-state index in [9.17, 15) is 0 Å². The van der Waals surface area contributed by atoms with Gasteiger partial charge in [-0.1, -0.05) is 11.6 Å². The number of halogens is 2. The van der Waals surface area contributed by atoms with E-state index >= 15 is 0 Å². The van der Waals surface area contributed by atoms with Crippen LogP contribution >= 0.6 is 23.2 Å². The Morgan fingerprint density at radius 2 is 2.27 bits per heavy atom. The van der Waals surface area contributed by atoms with Gasteiger partial charge in [0.1, 0.15) is 12.1 Å². The van der Waals surface area contributed by atoms with Crippen LogP contribution in [-0.4, -0.2) is 28.7 Å². The minimum absolute atomic E-state index is 0.0954. The molecule has 2 aliphatic rings. The molecule has 2 aliphatic heterocycles. The highest BCUT2D eigenvalue weighted by Crippen LogP contribution is 2.26. The summed E-state index contributed by atoms with van der Waals surface area (Å²) in [5.41, 5.74) is 0.503. The van der Waals surface area contributed by atoms with Gasteiger partial charge in [0.25, 0.3) is 5.12 Å². The number of fused-ring (bicyclic) bond motifs is 1. The van der Waals surface area contributed by atoms with Crippen molar-refractivity contribution in [2.45, 2.75) is 5.12 Å². The number of alkyl halides is 1. The number of nitrogens with zero attached hydrogens (tertiary/aromatic N) is 4. The van der Waals surface area contributed by atoms with Crippen LogP contribution in [0.25, 0.3) is 0 Å². The first-order chi connectivity index (χ1) is 5.21. The third-order valence-corrected chi connectivity index (χ3v) is 1.84. The predicted octanol–water partition coefficient (Wildman–Crippen LogP) is 1.04. The van der Waals surface area contributed by atoms with Gasteiger partial charge in [-0.2, -0.15) is 0 Å². The van der Waals surface area contributed by atoms with Crippen molar-refractivity contribution in [2.75, 3.05) is 0 Å². The van der Waals surface area contributed by atoms with Gasteiger partial charge in [-0.25, -0.2) is 20.0 Å². The van der Waals surface area contributed by atoms with Gasteiger partial charge in [-0.3, -0.25) is 0 Å². The normalized spacial score (nSPS) is 33.3. The highest BCUT2D eigenvalue weighted by molar-refractivity contribution is 6.68. The molecule has 6 heteroatoms.